The normalized spacial score (nSPS) is 12.3. The predicted molar refractivity (Wildman–Crippen MR) is 132 cm³/mol. The summed E-state index contributed by atoms with van der Waals surface area (Å²) in [6.45, 7) is 9.95. The van der Waals surface area contributed by atoms with E-state index in [-0.39, 0.29) is 16.6 Å². The third kappa shape index (κ3) is 6.11. The van der Waals surface area contributed by atoms with Crippen molar-refractivity contribution >= 4 is 33.2 Å². The van der Waals surface area contributed by atoms with Crippen LogP contribution in [-0.4, -0.2) is 34.3 Å². The molecule has 7 nitrogen and oxygen atoms in total. The van der Waals surface area contributed by atoms with Crippen LogP contribution in [0.3, 0.4) is 0 Å². The van der Waals surface area contributed by atoms with E-state index in [9.17, 15) is 13.2 Å². The fourth-order valence-corrected chi connectivity index (χ4v) is 5.51. The first kappa shape index (κ1) is 24.7. The van der Waals surface area contributed by atoms with Crippen LogP contribution in [0.25, 0.3) is 0 Å². The average molecular weight is 485 g/mol. The lowest BCUT2D eigenvalue weighted by molar-refractivity contribution is -0.115. The number of anilines is 1. The van der Waals surface area contributed by atoms with Gasteiger partial charge in [-0.3, -0.25) is 4.79 Å². The molecule has 1 N–H and O–H groups in total. The van der Waals surface area contributed by atoms with Crippen LogP contribution in [0.15, 0.2) is 71.2 Å². The van der Waals surface area contributed by atoms with Crippen molar-refractivity contribution in [2.24, 2.45) is 0 Å². The number of carbonyl (C=O) groups excluding carboxylic acids is 1. The summed E-state index contributed by atoms with van der Waals surface area (Å²) in [5, 5.41) is 11.4. The molecule has 33 heavy (non-hydrogen) atoms. The highest BCUT2D eigenvalue weighted by molar-refractivity contribution is 8.00. The quantitative estimate of drug-likeness (QED) is 0.335. The van der Waals surface area contributed by atoms with Crippen LogP contribution in [0.4, 0.5) is 5.69 Å². The molecule has 1 atom stereocenters. The minimum atomic E-state index is -3.59. The number of aryl methyl sites for hydroxylation is 2. The Bertz CT molecular complexity index is 1240. The fourth-order valence-electron chi connectivity index (χ4n) is 3.24. The Balaban J connectivity index is 1.82. The molecule has 0 fully saturated rings. The summed E-state index contributed by atoms with van der Waals surface area (Å²) in [6, 6.07) is 14.2. The van der Waals surface area contributed by atoms with Gasteiger partial charge in [-0.1, -0.05) is 55.1 Å². The summed E-state index contributed by atoms with van der Waals surface area (Å²) in [6.07, 6.45) is 2.23. The molecule has 3 rings (SSSR count). The Morgan fingerprint density at radius 3 is 2.58 bits per heavy atom. The van der Waals surface area contributed by atoms with Gasteiger partial charge in [-0.2, -0.15) is 0 Å². The van der Waals surface area contributed by atoms with Gasteiger partial charge in [0, 0.05) is 12.2 Å². The van der Waals surface area contributed by atoms with Crippen molar-refractivity contribution in [3.63, 3.8) is 0 Å². The number of hydrogen-bond donors (Lipinski definition) is 1. The van der Waals surface area contributed by atoms with E-state index >= 15 is 0 Å². The van der Waals surface area contributed by atoms with Crippen LogP contribution in [-0.2, 0) is 26.9 Å². The number of amides is 1. The van der Waals surface area contributed by atoms with E-state index in [4.69, 9.17) is 0 Å². The summed E-state index contributed by atoms with van der Waals surface area (Å²) in [5.41, 5.74) is 2.82. The molecule has 0 aliphatic heterocycles. The van der Waals surface area contributed by atoms with Gasteiger partial charge in [0.15, 0.2) is 15.0 Å². The third-order valence-electron chi connectivity index (χ3n) is 5.09. The lowest BCUT2D eigenvalue weighted by Crippen LogP contribution is -2.25. The number of hydrogen-bond acceptors (Lipinski definition) is 6. The SMILES string of the molecule is C=CCn1c(CS(=O)(=O)c2ccccc2)nnc1SC(CC)C(=O)Nc1cc(C)ccc1C. The second kappa shape index (κ2) is 10.8. The maximum atomic E-state index is 13.0. The van der Waals surface area contributed by atoms with Gasteiger partial charge in [0.25, 0.3) is 0 Å². The van der Waals surface area contributed by atoms with Crippen LogP contribution in [0.5, 0.6) is 0 Å². The molecule has 9 heteroatoms. The molecule has 0 bridgehead atoms. The number of allylic oxidation sites excluding steroid dienone is 1. The first-order valence-corrected chi connectivity index (χ1v) is 13.1. The van der Waals surface area contributed by atoms with E-state index in [1.54, 1.807) is 41.0 Å². The zero-order valence-corrected chi connectivity index (χ0v) is 20.6. The molecule has 0 saturated heterocycles. The third-order valence-corrected chi connectivity index (χ3v) is 8.06. The van der Waals surface area contributed by atoms with Crippen LogP contribution in [0, 0.1) is 13.8 Å². The van der Waals surface area contributed by atoms with Crippen molar-refractivity contribution < 1.29 is 13.2 Å². The Kier molecular flexibility index (Phi) is 8.10. The van der Waals surface area contributed by atoms with E-state index < -0.39 is 15.1 Å². The molecule has 2 aromatic carbocycles. The van der Waals surface area contributed by atoms with Crippen molar-refractivity contribution in [1.82, 2.24) is 14.8 Å². The van der Waals surface area contributed by atoms with E-state index in [1.807, 2.05) is 39.0 Å². The highest BCUT2D eigenvalue weighted by atomic mass is 32.2. The summed E-state index contributed by atoms with van der Waals surface area (Å²) < 4.78 is 27.4. The molecule has 1 unspecified atom stereocenters. The molecular formula is C24H28N4O3S2. The van der Waals surface area contributed by atoms with Crippen molar-refractivity contribution in [3.05, 3.63) is 78.1 Å². The van der Waals surface area contributed by atoms with Crippen molar-refractivity contribution in [1.29, 1.82) is 0 Å². The van der Waals surface area contributed by atoms with E-state index in [1.165, 1.54) is 11.8 Å². The number of rotatable bonds is 10. The van der Waals surface area contributed by atoms with Crippen LogP contribution in [0.2, 0.25) is 0 Å². The van der Waals surface area contributed by atoms with Gasteiger partial charge in [-0.15, -0.1) is 16.8 Å². The smallest absolute Gasteiger partial charge is 0.237 e. The number of aromatic nitrogens is 3. The minimum absolute atomic E-state index is 0.136. The average Bonchev–Trinajstić information content (AvgIpc) is 3.15. The standard InChI is InChI=1S/C24H28N4O3S2/c1-5-14-28-22(16-33(30,31)19-10-8-7-9-11-19)26-27-24(28)32-21(6-2)23(29)25-20-15-17(3)12-13-18(20)4/h5,7-13,15,21H,1,6,14,16H2,2-4H3,(H,25,29). The molecule has 3 aromatic rings. The Morgan fingerprint density at radius 1 is 1.18 bits per heavy atom. The summed E-state index contributed by atoms with van der Waals surface area (Å²) in [7, 11) is -3.59. The van der Waals surface area contributed by atoms with Gasteiger partial charge >= 0.3 is 0 Å². The molecule has 0 radical (unpaired) electrons. The number of thioether (sulfide) groups is 1. The van der Waals surface area contributed by atoms with E-state index in [2.05, 4.69) is 22.1 Å². The maximum Gasteiger partial charge on any atom is 0.237 e. The van der Waals surface area contributed by atoms with Crippen LogP contribution >= 0.6 is 11.8 Å². The molecule has 0 aliphatic carbocycles. The van der Waals surface area contributed by atoms with Crippen LogP contribution < -0.4 is 5.32 Å². The number of nitrogens with zero attached hydrogens (tertiary/aromatic N) is 3. The van der Waals surface area contributed by atoms with Crippen molar-refractivity contribution in [3.8, 4) is 0 Å². The molecule has 0 spiro atoms. The summed E-state index contributed by atoms with van der Waals surface area (Å²) in [4.78, 5) is 13.2. The van der Waals surface area contributed by atoms with Gasteiger partial charge in [0.05, 0.1) is 10.1 Å². The van der Waals surface area contributed by atoms with Crippen molar-refractivity contribution in [2.75, 3.05) is 5.32 Å². The van der Waals surface area contributed by atoms with Gasteiger partial charge < -0.3 is 9.88 Å². The Hall–Kier alpha value is -2.91. The fraction of sp³-hybridized carbons (Fsp3) is 0.292. The molecular weight excluding hydrogens is 456 g/mol. The highest BCUT2D eigenvalue weighted by Gasteiger charge is 2.25. The minimum Gasteiger partial charge on any atom is -0.325 e. The molecule has 1 aromatic heterocycles. The van der Waals surface area contributed by atoms with Gasteiger partial charge in [0.1, 0.15) is 11.6 Å². The summed E-state index contributed by atoms with van der Waals surface area (Å²) in [5.74, 6) is -0.113. The number of benzene rings is 2. The van der Waals surface area contributed by atoms with Gasteiger partial charge in [0.2, 0.25) is 5.91 Å². The number of nitrogens with one attached hydrogen (secondary N) is 1. The van der Waals surface area contributed by atoms with E-state index in [0.29, 0.717) is 23.9 Å². The molecule has 1 heterocycles. The molecule has 174 valence electrons. The second-order valence-corrected chi connectivity index (χ2v) is 10.9. The van der Waals surface area contributed by atoms with E-state index in [0.717, 1.165) is 16.8 Å². The Morgan fingerprint density at radius 2 is 1.91 bits per heavy atom. The van der Waals surface area contributed by atoms with Crippen molar-refractivity contribution in [2.45, 2.75) is 54.8 Å². The zero-order chi connectivity index (χ0) is 24.0. The predicted octanol–water partition coefficient (Wildman–Crippen LogP) is 4.56. The maximum absolute atomic E-state index is 13.0. The second-order valence-electron chi connectivity index (χ2n) is 7.69. The number of sulfone groups is 1. The lowest BCUT2D eigenvalue weighted by Gasteiger charge is -2.16. The first-order valence-electron chi connectivity index (χ1n) is 10.6. The van der Waals surface area contributed by atoms with Crippen LogP contribution in [0.1, 0.15) is 30.3 Å². The molecule has 0 aliphatic rings. The van der Waals surface area contributed by atoms with Gasteiger partial charge in [-0.25, -0.2) is 8.42 Å². The lowest BCUT2D eigenvalue weighted by atomic mass is 10.1. The topological polar surface area (TPSA) is 93.9 Å². The summed E-state index contributed by atoms with van der Waals surface area (Å²) >= 11 is 1.27. The molecule has 0 saturated carbocycles. The zero-order valence-electron chi connectivity index (χ0n) is 19.0. The first-order chi connectivity index (χ1) is 15.7. The van der Waals surface area contributed by atoms with Gasteiger partial charge in [-0.05, 0) is 49.6 Å². The monoisotopic (exact) mass is 484 g/mol. The Labute approximate surface area is 199 Å². The number of carbonyl (C=O) groups is 1. The highest BCUT2D eigenvalue weighted by Crippen LogP contribution is 2.28. The molecule has 1 amide bonds. The largest absolute Gasteiger partial charge is 0.325 e.